The fourth-order valence-electron chi connectivity index (χ4n) is 1.28. The summed E-state index contributed by atoms with van der Waals surface area (Å²) in [7, 11) is 3.42. The molecule has 0 aliphatic heterocycles. The molecule has 1 unspecified atom stereocenters. The average Bonchev–Trinajstić information content (AvgIpc) is 2.01. The van der Waals surface area contributed by atoms with E-state index in [1.165, 1.54) is 0 Å². The molecule has 0 bridgehead atoms. The molecule has 0 aromatic carbocycles. The molecule has 0 saturated heterocycles. The molecule has 0 heterocycles. The van der Waals surface area contributed by atoms with Gasteiger partial charge in [-0.15, -0.1) is 0 Å². The molecule has 0 saturated carbocycles. The summed E-state index contributed by atoms with van der Waals surface area (Å²) in [5, 5.41) is 9.46. The normalized spacial score (nSPS) is 15.3. The third-order valence-corrected chi connectivity index (χ3v) is 2.06. The second-order valence-corrected chi connectivity index (χ2v) is 3.82. The van der Waals surface area contributed by atoms with Crippen LogP contribution in [0.3, 0.4) is 0 Å². The van der Waals surface area contributed by atoms with E-state index in [1.807, 2.05) is 0 Å². The van der Waals surface area contributed by atoms with Crippen molar-refractivity contribution >= 4 is 17.6 Å². The van der Waals surface area contributed by atoms with Gasteiger partial charge < -0.3 is 5.11 Å². The highest BCUT2D eigenvalue weighted by atomic mass is 35.5. The van der Waals surface area contributed by atoms with Gasteiger partial charge in [0, 0.05) is 5.03 Å². The van der Waals surface area contributed by atoms with Gasteiger partial charge in [-0.2, -0.15) is 0 Å². The molecule has 0 aliphatic carbocycles. The van der Waals surface area contributed by atoms with Gasteiger partial charge in [-0.3, -0.25) is 9.69 Å². The summed E-state index contributed by atoms with van der Waals surface area (Å²) in [6.07, 6.45) is 4.79. The van der Waals surface area contributed by atoms with Crippen molar-refractivity contribution in [1.29, 1.82) is 0 Å². The standard InChI is InChI=1S/C11H16ClNO2/c1-5-6-9(12)7-8(2)10(11(14)15)13(3)4/h5-7,10H,1H2,2-4H3,(H,14,15)/b8-7+,9-6+. The van der Waals surface area contributed by atoms with E-state index in [-0.39, 0.29) is 0 Å². The van der Waals surface area contributed by atoms with Crippen LogP contribution in [-0.4, -0.2) is 36.1 Å². The Bertz CT molecular complexity index is 306. The van der Waals surface area contributed by atoms with E-state index in [0.29, 0.717) is 10.6 Å². The molecular weight excluding hydrogens is 214 g/mol. The number of carbonyl (C=O) groups is 1. The molecule has 1 atom stereocenters. The minimum absolute atomic E-state index is 0.468. The van der Waals surface area contributed by atoms with Gasteiger partial charge in [0.15, 0.2) is 0 Å². The first-order valence-corrected chi connectivity index (χ1v) is 4.83. The molecule has 0 rings (SSSR count). The van der Waals surface area contributed by atoms with Crippen LogP contribution < -0.4 is 0 Å². The van der Waals surface area contributed by atoms with Gasteiger partial charge in [-0.25, -0.2) is 0 Å². The quantitative estimate of drug-likeness (QED) is 0.736. The number of carboxylic acid groups (broad SMARTS) is 1. The minimum atomic E-state index is -0.892. The maximum Gasteiger partial charge on any atom is 0.325 e. The Kier molecular flexibility index (Phi) is 5.97. The first kappa shape index (κ1) is 13.9. The van der Waals surface area contributed by atoms with Crippen molar-refractivity contribution in [3.63, 3.8) is 0 Å². The predicted molar refractivity (Wildman–Crippen MR) is 63.0 cm³/mol. The van der Waals surface area contributed by atoms with E-state index in [4.69, 9.17) is 16.7 Å². The van der Waals surface area contributed by atoms with E-state index in [2.05, 4.69) is 6.58 Å². The summed E-state index contributed by atoms with van der Waals surface area (Å²) in [5.41, 5.74) is 0.676. The second-order valence-electron chi connectivity index (χ2n) is 3.38. The predicted octanol–water partition coefficient (Wildman–Crippen LogP) is 2.26. The molecule has 3 nitrogen and oxygen atoms in total. The number of aliphatic carboxylic acids is 1. The molecule has 4 heteroatoms. The number of rotatable bonds is 5. The van der Waals surface area contributed by atoms with Crippen LogP contribution in [0, 0.1) is 0 Å². The Morgan fingerprint density at radius 3 is 2.40 bits per heavy atom. The maximum absolute atomic E-state index is 11.0. The molecule has 0 aliphatic rings. The molecule has 84 valence electrons. The first-order valence-electron chi connectivity index (χ1n) is 4.45. The van der Waals surface area contributed by atoms with Crippen LogP contribution in [0.2, 0.25) is 0 Å². The Balaban J connectivity index is 4.93. The molecule has 0 aromatic heterocycles. The lowest BCUT2D eigenvalue weighted by atomic mass is 10.1. The number of likely N-dealkylation sites (N-methyl/N-ethyl adjacent to an activating group) is 1. The highest BCUT2D eigenvalue weighted by Gasteiger charge is 2.21. The lowest BCUT2D eigenvalue weighted by molar-refractivity contribution is -0.140. The summed E-state index contributed by atoms with van der Waals surface area (Å²) in [5.74, 6) is -0.892. The zero-order valence-electron chi connectivity index (χ0n) is 9.20. The Morgan fingerprint density at radius 2 is 2.07 bits per heavy atom. The zero-order chi connectivity index (χ0) is 12.0. The van der Waals surface area contributed by atoms with Crippen molar-refractivity contribution < 1.29 is 9.90 Å². The zero-order valence-corrected chi connectivity index (χ0v) is 9.95. The lowest BCUT2D eigenvalue weighted by Gasteiger charge is -2.20. The number of hydrogen-bond acceptors (Lipinski definition) is 2. The van der Waals surface area contributed by atoms with Gasteiger partial charge in [0.2, 0.25) is 0 Å². The number of hydrogen-bond donors (Lipinski definition) is 1. The minimum Gasteiger partial charge on any atom is -0.480 e. The fraction of sp³-hybridized carbons (Fsp3) is 0.364. The number of carboxylic acids is 1. The highest BCUT2D eigenvalue weighted by molar-refractivity contribution is 6.31. The number of allylic oxidation sites excluding steroid dienone is 4. The molecule has 0 spiro atoms. The molecule has 0 radical (unpaired) electrons. The largest absolute Gasteiger partial charge is 0.480 e. The van der Waals surface area contributed by atoms with Gasteiger partial charge in [0.05, 0.1) is 0 Å². The topological polar surface area (TPSA) is 40.5 Å². The van der Waals surface area contributed by atoms with E-state index >= 15 is 0 Å². The molecule has 0 amide bonds. The van der Waals surface area contributed by atoms with Crippen LogP contribution >= 0.6 is 11.6 Å². The smallest absolute Gasteiger partial charge is 0.325 e. The van der Waals surface area contributed by atoms with E-state index in [0.717, 1.165) is 0 Å². The van der Waals surface area contributed by atoms with Gasteiger partial charge in [-0.1, -0.05) is 24.3 Å². The molecular formula is C11H16ClNO2. The Labute approximate surface area is 95.3 Å². The van der Waals surface area contributed by atoms with Gasteiger partial charge in [0.1, 0.15) is 6.04 Å². The summed E-state index contributed by atoms with van der Waals surface area (Å²) in [4.78, 5) is 12.6. The van der Waals surface area contributed by atoms with Crippen LogP contribution in [-0.2, 0) is 4.79 Å². The lowest BCUT2D eigenvalue weighted by Crippen LogP contribution is -2.36. The van der Waals surface area contributed by atoms with Crippen molar-refractivity contribution in [3.05, 3.63) is 35.4 Å². The van der Waals surface area contributed by atoms with E-state index in [9.17, 15) is 4.79 Å². The third kappa shape index (κ3) is 4.81. The first-order chi connectivity index (χ1) is 6.90. The SMILES string of the molecule is C=C/C=C(Cl)\C=C(/C)C(C(=O)O)N(C)C. The van der Waals surface area contributed by atoms with E-state index < -0.39 is 12.0 Å². The van der Waals surface area contributed by atoms with Crippen molar-refractivity contribution in [2.45, 2.75) is 13.0 Å². The van der Waals surface area contributed by atoms with Crippen LogP contribution in [0.4, 0.5) is 0 Å². The van der Waals surface area contributed by atoms with Crippen molar-refractivity contribution in [1.82, 2.24) is 4.90 Å². The van der Waals surface area contributed by atoms with Crippen molar-refractivity contribution in [3.8, 4) is 0 Å². The number of nitrogens with zero attached hydrogens (tertiary/aromatic N) is 1. The van der Waals surface area contributed by atoms with Gasteiger partial charge in [-0.05, 0) is 38.7 Å². The number of halogens is 1. The molecule has 0 fully saturated rings. The Hall–Kier alpha value is -1.06. The molecule has 1 N–H and O–H groups in total. The summed E-state index contributed by atoms with van der Waals surface area (Å²) >= 11 is 5.83. The van der Waals surface area contributed by atoms with Gasteiger partial charge in [0.25, 0.3) is 0 Å². The second kappa shape index (κ2) is 6.43. The van der Waals surface area contributed by atoms with Crippen LogP contribution in [0.5, 0.6) is 0 Å². The monoisotopic (exact) mass is 229 g/mol. The van der Waals surface area contributed by atoms with E-state index in [1.54, 1.807) is 44.1 Å². The third-order valence-electron chi connectivity index (χ3n) is 1.82. The van der Waals surface area contributed by atoms with Crippen LogP contribution in [0.15, 0.2) is 35.4 Å². The molecule has 15 heavy (non-hydrogen) atoms. The van der Waals surface area contributed by atoms with Gasteiger partial charge >= 0.3 is 5.97 Å². The summed E-state index contributed by atoms with van der Waals surface area (Å²) in [6.45, 7) is 5.24. The Morgan fingerprint density at radius 1 is 1.53 bits per heavy atom. The van der Waals surface area contributed by atoms with Crippen LogP contribution in [0.25, 0.3) is 0 Å². The van der Waals surface area contributed by atoms with Crippen LogP contribution in [0.1, 0.15) is 6.92 Å². The summed E-state index contributed by atoms with van der Waals surface area (Å²) < 4.78 is 0. The van der Waals surface area contributed by atoms with Crippen molar-refractivity contribution in [2.75, 3.05) is 14.1 Å². The van der Waals surface area contributed by atoms with Crippen molar-refractivity contribution in [2.24, 2.45) is 0 Å². The average molecular weight is 230 g/mol. The maximum atomic E-state index is 11.0. The summed E-state index contributed by atoms with van der Waals surface area (Å²) in [6, 6.07) is -0.656. The molecule has 0 aromatic rings. The highest BCUT2D eigenvalue weighted by Crippen LogP contribution is 2.13. The fourth-order valence-corrected chi connectivity index (χ4v) is 1.54.